The van der Waals surface area contributed by atoms with E-state index in [0.717, 1.165) is 29.3 Å². The molecule has 0 saturated heterocycles. The predicted octanol–water partition coefficient (Wildman–Crippen LogP) is 3.23. The summed E-state index contributed by atoms with van der Waals surface area (Å²) in [6.45, 7) is 2.31. The first-order chi connectivity index (χ1) is 11.6. The van der Waals surface area contributed by atoms with Gasteiger partial charge in [-0.05, 0) is 55.5 Å². The number of benzene rings is 1. The summed E-state index contributed by atoms with van der Waals surface area (Å²) >= 11 is 0. The normalized spacial score (nSPS) is 14.0. The van der Waals surface area contributed by atoms with Crippen LogP contribution in [0.1, 0.15) is 34.5 Å². The van der Waals surface area contributed by atoms with Gasteiger partial charge in [0.2, 0.25) is 0 Å². The number of nitrogens with one attached hydrogen (secondary N) is 1. The summed E-state index contributed by atoms with van der Waals surface area (Å²) in [5.41, 5.74) is 2.39. The largest absolute Gasteiger partial charge is 0.459 e. The van der Waals surface area contributed by atoms with E-state index in [4.69, 9.17) is 4.42 Å². The molecule has 1 amide bonds. The molecule has 2 aromatic heterocycles. The Hall–Kier alpha value is -2.82. The Labute approximate surface area is 138 Å². The SMILES string of the molecule is Cc1ccc2[nH]c(=O)c(CN(C(=O)c3ccco3)C3CC3)cc2c1. The molecule has 1 aliphatic rings. The molecule has 4 rings (SSSR count). The van der Waals surface area contributed by atoms with Crippen LogP contribution in [0.3, 0.4) is 0 Å². The molecule has 0 aliphatic heterocycles. The average molecular weight is 322 g/mol. The van der Waals surface area contributed by atoms with E-state index >= 15 is 0 Å². The first-order valence-corrected chi connectivity index (χ1v) is 8.09. The molecule has 5 nitrogen and oxygen atoms in total. The molecule has 0 bridgehead atoms. The lowest BCUT2D eigenvalue weighted by atomic mass is 10.1. The Morgan fingerprint density at radius 2 is 2.12 bits per heavy atom. The van der Waals surface area contributed by atoms with Crippen LogP contribution in [0.5, 0.6) is 0 Å². The van der Waals surface area contributed by atoms with E-state index in [1.807, 2.05) is 31.2 Å². The standard InChI is InChI=1S/C19H18N2O3/c1-12-4-7-16-13(9-12)10-14(18(22)20-16)11-21(15-5-6-15)19(23)17-3-2-8-24-17/h2-4,7-10,15H,5-6,11H2,1H3,(H,20,22). The summed E-state index contributed by atoms with van der Waals surface area (Å²) in [5, 5.41) is 0.978. The van der Waals surface area contributed by atoms with Gasteiger partial charge in [-0.25, -0.2) is 0 Å². The van der Waals surface area contributed by atoms with E-state index in [0.29, 0.717) is 17.9 Å². The fourth-order valence-electron chi connectivity index (χ4n) is 2.97. The zero-order valence-electron chi connectivity index (χ0n) is 13.4. The van der Waals surface area contributed by atoms with E-state index < -0.39 is 0 Å². The van der Waals surface area contributed by atoms with Gasteiger partial charge in [0.1, 0.15) is 0 Å². The lowest BCUT2D eigenvalue weighted by Gasteiger charge is -2.21. The summed E-state index contributed by atoms with van der Waals surface area (Å²) in [6, 6.07) is 11.3. The third kappa shape index (κ3) is 2.73. The number of aromatic nitrogens is 1. The van der Waals surface area contributed by atoms with E-state index in [1.165, 1.54) is 6.26 Å². The Balaban J connectivity index is 1.69. The molecule has 5 heteroatoms. The minimum atomic E-state index is -0.161. The first-order valence-electron chi connectivity index (χ1n) is 8.09. The maximum Gasteiger partial charge on any atom is 0.290 e. The third-order valence-electron chi connectivity index (χ3n) is 4.40. The van der Waals surface area contributed by atoms with Crippen LogP contribution in [0, 0.1) is 6.92 Å². The minimum Gasteiger partial charge on any atom is -0.459 e. The molecule has 0 radical (unpaired) electrons. The second-order valence-corrected chi connectivity index (χ2v) is 6.36. The quantitative estimate of drug-likeness (QED) is 0.802. The van der Waals surface area contributed by atoms with Crippen molar-refractivity contribution in [1.82, 2.24) is 9.88 Å². The number of fused-ring (bicyclic) bond motifs is 1. The van der Waals surface area contributed by atoms with Crippen LogP contribution >= 0.6 is 0 Å². The summed E-state index contributed by atoms with van der Waals surface area (Å²) in [7, 11) is 0. The Morgan fingerprint density at radius 1 is 1.29 bits per heavy atom. The number of aromatic amines is 1. The molecule has 1 aromatic carbocycles. The molecule has 0 atom stereocenters. The van der Waals surface area contributed by atoms with Crippen molar-refractivity contribution in [1.29, 1.82) is 0 Å². The number of H-pyrrole nitrogens is 1. The van der Waals surface area contributed by atoms with E-state index in [1.54, 1.807) is 17.0 Å². The summed E-state index contributed by atoms with van der Waals surface area (Å²) in [6.07, 6.45) is 3.43. The molecule has 1 aliphatic carbocycles. The van der Waals surface area contributed by atoms with Crippen LogP contribution in [0.4, 0.5) is 0 Å². The Bertz CT molecular complexity index is 952. The lowest BCUT2D eigenvalue weighted by molar-refractivity contribution is 0.0697. The molecule has 3 aromatic rings. The van der Waals surface area contributed by atoms with Crippen molar-refractivity contribution >= 4 is 16.8 Å². The summed E-state index contributed by atoms with van der Waals surface area (Å²) in [4.78, 5) is 29.7. The summed E-state index contributed by atoms with van der Waals surface area (Å²) < 4.78 is 5.23. The molecule has 0 unspecified atom stereocenters. The van der Waals surface area contributed by atoms with Crippen LogP contribution in [-0.2, 0) is 6.54 Å². The molecule has 24 heavy (non-hydrogen) atoms. The van der Waals surface area contributed by atoms with Gasteiger partial charge in [-0.2, -0.15) is 0 Å². The number of amides is 1. The van der Waals surface area contributed by atoms with Crippen LogP contribution in [0.25, 0.3) is 10.9 Å². The maximum absolute atomic E-state index is 12.6. The number of hydrogen-bond donors (Lipinski definition) is 1. The van der Waals surface area contributed by atoms with Gasteiger partial charge in [-0.3, -0.25) is 9.59 Å². The monoisotopic (exact) mass is 322 g/mol. The van der Waals surface area contributed by atoms with Gasteiger partial charge in [-0.15, -0.1) is 0 Å². The first kappa shape index (κ1) is 14.8. The van der Waals surface area contributed by atoms with E-state index in [9.17, 15) is 9.59 Å². The second-order valence-electron chi connectivity index (χ2n) is 6.36. The number of rotatable bonds is 4. The average Bonchev–Trinajstić information content (AvgIpc) is 3.25. The van der Waals surface area contributed by atoms with Gasteiger partial charge < -0.3 is 14.3 Å². The maximum atomic E-state index is 12.6. The van der Waals surface area contributed by atoms with Crippen LogP contribution < -0.4 is 5.56 Å². The van der Waals surface area contributed by atoms with Crippen LogP contribution in [0.15, 0.2) is 51.9 Å². The van der Waals surface area contributed by atoms with Gasteiger partial charge in [0, 0.05) is 17.1 Å². The van der Waals surface area contributed by atoms with Gasteiger partial charge in [0.25, 0.3) is 11.5 Å². The highest BCUT2D eigenvalue weighted by molar-refractivity contribution is 5.92. The smallest absolute Gasteiger partial charge is 0.290 e. The number of carbonyl (C=O) groups excluding carboxylic acids is 1. The third-order valence-corrected chi connectivity index (χ3v) is 4.40. The second kappa shape index (κ2) is 5.67. The van der Waals surface area contributed by atoms with Gasteiger partial charge in [-0.1, -0.05) is 11.6 Å². The predicted molar refractivity (Wildman–Crippen MR) is 90.9 cm³/mol. The molecule has 1 N–H and O–H groups in total. The van der Waals surface area contributed by atoms with Crippen molar-refractivity contribution in [2.45, 2.75) is 32.4 Å². The van der Waals surface area contributed by atoms with Crippen LogP contribution in [-0.4, -0.2) is 21.8 Å². The van der Waals surface area contributed by atoms with Crippen molar-refractivity contribution in [3.8, 4) is 0 Å². The highest BCUT2D eigenvalue weighted by Crippen LogP contribution is 2.29. The van der Waals surface area contributed by atoms with Crippen molar-refractivity contribution in [3.05, 3.63) is 69.9 Å². The van der Waals surface area contributed by atoms with Crippen molar-refractivity contribution in [3.63, 3.8) is 0 Å². The van der Waals surface area contributed by atoms with Crippen molar-refractivity contribution in [2.75, 3.05) is 0 Å². The fraction of sp³-hybridized carbons (Fsp3) is 0.263. The molecular weight excluding hydrogens is 304 g/mol. The number of hydrogen-bond acceptors (Lipinski definition) is 3. The Kier molecular flexibility index (Phi) is 3.49. The van der Waals surface area contributed by atoms with Crippen molar-refractivity contribution in [2.24, 2.45) is 0 Å². The summed E-state index contributed by atoms with van der Waals surface area (Å²) in [5.74, 6) is 0.154. The zero-order valence-corrected chi connectivity index (χ0v) is 13.4. The highest BCUT2D eigenvalue weighted by Gasteiger charge is 2.34. The molecule has 0 spiro atoms. The van der Waals surface area contributed by atoms with E-state index in [2.05, 4.69) is 4.98 Å². The number of aryl methyl sites for hydroxylation is 1. The highest BCUT2D eigenvalue weighted by atomic mass is 16.3. The van der Waals surface area contributed by atoms with Crippen molar-refractivity contribution < 1.29 is 9.21 Å². The number of nitrogens with zero attached hydrogens (tertiary/aromatic N) is 1. The molecule has 2 heterocycles. The molecule has 1 saturated carbocycles. The molecule has 1 fully saturated rings. The van der Waals surface area contributed by atoms with Gasteiger partial charge in [0.05, 0.1) is 12.8 Å². The number of carbonyl (C=O) groups is 1. The van der Waals surface area contributed by atoms with E-state index in [-0.39, 0.29) is 17.5 Å². The number of furan rings is 1. The lowest BCUT2D eigenvalue weighted by Crippen LogP contribution is -2.34. The van der Waals surface area contributed by atoms with Crippen LogP contribution in [0.2, 0.25) is 0 Å². The number of pyridine rings is 1. The molecular formula is C19H18N2O3. The van der Waals surface area contributed by atoms with Gasteiger partial charge >= 0.3 is 0 Å². The Morgan fingerprint density at radius 3 is 2.83 bits per heavy atom. The minimum absolute atomic E-state index is 0.149. The fourth-order valence-corrected chi connectivity index (χ4v) is 2.97. The molecule has 122 valence electrons. The van der Waals surface area contributed by atoms with Gasteiger partial charge in [0.15, 0.2) is 5.76 Å². The zero-order chi connectivity index (χ0) is 16.7. The topological polar surface area (TPSA) is 66.3 Å².